The number of ether oxygens (including phenoxy) is 1. The van der Waals surface area contributed by atoms with Gasteiger partial charge in [0.05, 0.1) is 19.2 Å². The molecule has 0 radical (unpaired) electrons. The molecule has 2 atom stereocenters. The SMILES string of the molecule is COC(=O)C1CN(Cc2ccccc2)CC1c1cn2c(-c3ccccc3)ncc2c(=O)[nH]1. The van der Waals surface area contributed by atoms with E-state index in [2.05, 4.69) is 27.0 Å². The van der Waals surface area contributed by atoms with Gasteiger partial charge in [0, 0.05) is 43.0 Å². The number of aromatic amines is 1. The van der Waals surface area contributed by atoms with Gasteiger partial charge in [0.1, 0.15) is 11.3 Å². The van der Waals surface area contributed by atoms with Gasteiger partial charge >= 0.3 is 5.97 Å². The van der Waals surface area contributed by atoms with Crippen molar-refractivity contribution in [2.75, 3.05) is 20.2 Å². The van der Waals surface area contributed by atoms with E-state index in [-0.39, 0.29) is 23.4 Å². The Kier molecular flexibility index (Phi) is 5.33. The number of hydrogen-bond acceptors (Lipinski definition) is 5. The topological polar surface area (TPSA) is 79.7 Å². The third-order valence-electron chi connectivity index (χ3n) is 6.14. The molecule has 0 saturated carbocycles. The first-order valence-corrected chi connectivity index (χ1v) is 10.6. The van der Waals surface area contributed by atoms with Crippen molar-refractivity contribution < 1.29 is 9.53 Å². The van der Waals surface area contributed by atoms with E-state index in [1.165, 1.54) is 12.7 Å². The fraction of sp³-hybridized carbons (Fsp3) is 0.240. The first-order valence-electron chi connectivity index (χ1n) is 10.6. The summed E-state index contributed by atoms with van der Waals surface area (Å²) in [5.41, 5.74) is 3.07. The molecule has 2 aromatic heterocycles. The van der Waals surface area contributed by atoms with Gasteiger partial charge in [0.2, 0.25) is 0 Å². The van der Waals surface area contributed by atoms with Crippen LogP contribution < -0.4 is 5.56 Å². The van der Waals surface area contributed by atoms with Gasteiger partial charge in [0.15, 0.2) is 0 Å². The molecule has 0 spiro atoms. The van der Waals surface area contributed by atoms with E-state index in [1.807, 2.05) is 59.1 Å². The highest BCUT2D eigenvalue weighted by atomic mass is 16.5. The number of imidazole rings is 1. The summed E-state index contributed by atoms with van der Waals surface area (Å²) in [6.07, 6.45) is 3.48. The van der Waals surface area contributed by atoms with Crippen molar-refractivity contribution in [2.45, 2.75) is 12.5 Å². The minimum absolute atomic E-state index is 0.186. The van der Waals surface area contributed by atoms with Crippen molar-refractivity contribution in [1.82, 2.24) is 19.3 Å². The molecule has 3 heterocycles. The lowest BCUT2D eigenvalue weighted by Crippen LogP contribution is -2.25. The third-order valence-corrected chi connectivity index (χ3v) is 6.14. The van der Waals surface area contributed by atoms with Crippen LogP contribution in [0.4, 0.5) is 0 Å². The van der Waals surface area contributed by atoms with Gasteiger partial charge < -0.3 is 9.72 Å². The van der Waals surface area contributed by atoms with Crippen LogP contribution in [0.15, 0.2) is 77.9 Å². The Labute approximate surface area is 185 Å². The van der Waals surface area contributed by atoms with Gasteiger partial charge in [-0.15, -0.1) is 0 Å². The van der Waals surface area contributed by atoms with Gasteiger partial charge in [-0.1, -0.05) is 60.7 Å². The first-order chi connectivity index (χ1) is 15.6. The maximum atomic E-state index is 12.9. The van der Waals surface area contributed by atoms with Gasteiger partial charge in [-0.2, -0.15) is 0 Å². The minimum Gasteiger partial charge on any atom is -0.469 e. The summed E-state index contributed by atoms with van der Waals surface area (Å²) in [4.78, 5) is 35.2. The van der Waals surface area contributed by atoms with Crippen LogP contribution in [-0.2, 0) is 16.1 Å². The Morgan fingerprint density at radius 3 is 2.53 bits per heavy atom. The molecule has 32 heavy (non-hydrogen) atoms. The number of hydrogen-bond donors (Lipinski definition) is 1. The number of benzene rings is 2. The number of nitrogens with zero attached hydrogens (tertiary/aromatic N) is 3. The molecule has 2 unspecified atom stereocenters. The number of aromatic nitrogens is 3. The quantitative estimate of drug-likeness (QED) is 0.494. The molecule has 7 nitrogen and oxygen atoms in total. The van der Waals surface area contributed by atoms with Crippen LogP contribution in [0.3, 0.4) is 0 Å². The van der Waals surface area contributed by atoms with E-state index in [9.17, 15) is 9.59 Å². The predicted molar refractivity (Wildman–Crippen MR) is 121 cm³/mol. The number of nitrogens with one attached hydrogen (secondary N) is 1. The molecule has 1 aliphatic heterocycles. The van der Waals surface area contributed by atoms with Crippen molar-refractivity contribution in [1.29, 1.82) is 0 Å². The van der Waals surface area contributed by atoms with Crippen molar-refractivity contribution in [3.8, 4) is 11.4 Å². The highest BCUT2D eigenvalue weighted by molar-refractivity contribution is 5.74. The van der Waals surface area contributed by atoms with E-state index in [0.29, 0.717) is 30.1 Å². The van der Waals surface area contributed by atoms with Gasteiger partial charge in [0.25, 0.3) is 5.56 Å². The number of methoxy groups -OCH3 is 1. The maximum absolute atomic E-state index is 12.9. The zero-order valence-electron chi connectivity index (χ0n) is 17.8. The lowest BCUT2D eigenvalue weighted by Gasteiger charge is -2.17. The van der Waals surface area contributed by atoms with Gasteiger partial charge in [-0.3, -0.25) is 18.9 Å². The molecule has 1 fully saturated rings. The second-order valence-electron chi connectivity index (χ2n) is 8.16. The van der Waals surface area contributed by atoms with Crippen LogP contribution in [0, 0.1) is 5.92 Å². The van der Waals surface area contributed by atoms with E-state index in [4.69, 9.17) is 4.74 Å². The van der Waals surface area contributed by atoms with Crippen LogP contribution in [-0.4, -0.2) is 45.4 Å². The summed E-state index contributed by atoms with van der Waals surface area (Å²) in [6.45, 7) is 1.95. The largest absolute Gasteiger partial charge is 0.469 e. The molecule has 0 bridgehead atoms. The minimum atomic E-state index is -0.361. The summed E-state index contributed by atoms with van der Waals surface area (Å²) in [5.74, 6) is -0.114. The summed E-state index contributed by atoms with van der Waals surface area (Å²) in [6, 6.07) is 19.9. The van der Waals surface area contributed by atoms with E-state index < -0.39 is 0 Å². The second-order valence-corrected chi connectivity index (χ2v) is 8.16. The van der Waals surface area contributed by atoms with Crippen LogP contribution >= 0.6 is 0 Å². The molecular weight excluding hydrogens is 404 g/mol. The van der Waals surface area contributed by atoms with Gasteiger partial charge in [-0.25, -0.2) is 4.98 Å². The lowest BCUT2D eigenvalue weighted by atomic mass is 9.93. The van der Waals surface area contributed by atoms with E-state index in [1.54, 1.807) is 6.20 Å². The molecule has 7 heteroatoms. The van der Waals surface area contributed by atoms with Crippen LogP contribution in [0.1, 0.15) is 17.2 Å². The molecule has 0 amide bonds. The Balaban J connectivity index is 1.53. The molecule has 1 aliphatic rings. The second kappa shape index (κ2) is 8.43. The lowest BCUT2D eigenvalue weighted by molar-refractivity contribution is -0.145. The number of likely N-dealkylation sites (tertiary alicyclic amines) is 1. The maximum Gasteiger partial charge on any atom is 0.310 e. The smallest absolute Gasteiger partial charge is 0.310 e. The number of rotatable bonds is 5. The fourth-order valence-electron chi connectivity index (χ4n) is 4.58. The highest BCUT2D eigenvalue weighted by Gasteiger charge is 2.40. The average molecular weight is 428 g/mol. The standard InChI is InChI=1S/C25H24N4O3/c1-32-25(31)20-15-28(13-17-8-4-2-5-9-17)14-19(20)21-16-29-22(24(30)27-21)12-26-23(29)18-10-6-3-7-11-18/h2-12,16,19-20H,13-15H2,1H3,(H,27,30). The predicted octanol–water partition coefficient (Wildman–Crippen LogP) is 3.08. The average Bonchev–Trinajstić information content (AvgIpc) is 3.44. The van der Waals surface area contributed by atoms with Gasteiger partial charge in [-0.05, 0) is 5.56 Å². The van der Waals surface area contributed by atoms with Crippen LogP contribution in [0.25, 0.3) is 16.9 Å². The fourth-order valence-corrected chi connectivity index (χ4v) is 4.58. The Hall–Kier alpha value is -3.71. The summed E-state index contributed by atoms with van der Waals surface area (Å²) >= 11 is 0. The number of fused-ring (bicyclic) bond motifs is 1. The summed E-state index contributed by atoms with van der Waals surface area (Å²) in [7, 11) is 1.41. The van der Waals surface area contributed by atoms with Crippen molar-refractivity contribution >= 4 is 11.5 Å². The molecule has 1 N–H and O–H groups in total. The third kappa shape index (κ3) is 3.71. The normalized spacial score (nSPS) is 18.8. The molecule has 162 valence electrons. The number of esters is 1. The molecule has 4 aromatic rings. The van der Waals surface area contributed by atoms with Crippen molar-refractivity contribution in [3.63, 3.8) is 0 Å². The Morgan fingerprint density at radius 1 is 1.09 bits per heavy atom. The van der Waals surface area contributed by atoms with Crippen molar-refractivity contribution in [3.05, 3.63) is 94.7 Å². The molecule has 1 saturated heterocycles. The summed E-state index contributed by atoms with van der Waals surface area (Å²) in [5, 5.41) is 0. The van der Waals surface area contributed by atoms with E-state index >= 15 is 0 Å². The van der Waals surface area contributed by atoms with Crippen molar-refractivity contribution in [2.24, 2.45) is 5.92 Å². The van der Waals surface area contributed by atoms with Crippen LogP contribution in [0.2, 0.25) is 0 Å². The zero-order valence-corrected chi connectivity index (χ0v) is 17.8. The summed E-state index contributed by atoms with van der Waals surface area (Å²) < 4.78 is 6.92. The molecular formula is C25H24N4O3. The highest BCUT2D eigenvalue weighted by Crippen LogP contribution is 2.33. The number of H-pyrrole nitrogens is 1. The molecule has 0 aliphatic carbocycles. The van der Waals surface area contributed by atoms with E-state index in [0.717, 1.165) is 12.1 Å². The first kappa shape index (κ1) is 20.2. The monoisotopic (exact) mass is 428 g/mol. The Bertz CT molecular complexity index is 1300. The molecule has 2 aromatic carbocycles. The Morgan fingerprint density at radius 2 is 1.81 bits per heavy atom. The molecule has 5 rings (SSSR count). The number of carbonyl (C=O) groups is 1. The number of carbonyl (C=O) groups excluding carboxylic acids is 1. The zero-order chi connectivity index (χ0) is 22.1. The van der Waals surface area contributed by atoms with Crippen LogP contribution in [0.5, 0.6) is 0 Å².